The van der Waals surface area contributed by atoms with Crippen LogP contribution in [0.1, 0.15) is 22.9 Å². The van der Waals surface area contributed by atoms with Gasteiger partial charge in [-0.25, -0.2) is 9.82 Å². The number of furan rings is 1. The zero-order valence-corrected chi connectivity index (χ0v) is 11.6. The van der Waals surface area contributed by atoms with Gasteiger partial charge in [0.05, 0.1) is 6.04 Å². The lowest BCUT2D eigenvalue weighted by Crippen LogP contribution is -2.29. The van der Waals surface area contributed by atoms with E-state index < -0.39 is 0 Å². The summed E-state index contributed by atoms with van der Waals surface area (Å²) in [4.78, 5) is 4.00. The van der Waals surface area contributed by atoms with Crippen molar-refractivity contribution in [2.75, 3.05) is 0 Å². The molecule has 1 aromatic carbocycles. The number of aryl methyl sites for hydroxylation is 1. The Labute approximate surface area is 121 Å². The zero-order chi connectivity index (χ0) is 14.8. The molecule has 2 heterocycles. The maximum absolute atomic E-state index is 13.4. The molecule has 0 aliphatic heterocycles. The first-order valence-electron chi connectivity index (χ1n) is 6.72. The number of aromatic nitrogens is 1. The van der Waals surface area contributed by atoms with Crippen molar-refractivity contribution in [1.29, 1.82) is 0 Å². The molecule has 3 N–H and O–H groups in total. The van der Waals surface area contributed by atoms with Crippen molar-refractivity contribution in [3.8, 4) is 0 Å². The summed E-state index contributed by atoms with van der Waals surface area (Å²) >= 11 is 0. The molecule has 2 aromatic heterocycles. The minimum absolute atomic E-state index is 0.178. The summed E-state index contributed by atoms with van der Waals surface area (Å²) < 4.78 is 19.2. The smallest absolute Gasteiger partial charge is 0.134 e. The first-order valence-corrected chi connectivity index (χ1v) is 6.72. The number of fused-ring (bicyclic) bond motifs is 1. The molecule has 3 aromatic rings. The summed E-state index contributed by atoms with van der Waals surface area (Å²) in [5, 5.41) is 0.778. The summed E-state index contributed by atoms with van der Waals surface area (Å²) in [6.45, 7) is 1.91. The Morgan fingerprint density at radius 3 is 2.76 bits per heavy atom. The Bertz CT molecular complexity index is 755. The third kappa shape index (κ3) is 2.66. The molecule has 0 spiro atoms. The third-order valence-corrected chi connectivity index (χ3v) is 3.64. The normalized spacial score (nSPS) is 12.7. The van der Waals surface area contributed by atoms with Crippen molar-refractivity contribution in [3.63, 3.8) is 0 Å². The number of nitrogens with zero attached hydrogens (tertiary/aromatic N) is 1. The van der Waals surface area contributed by atoms with E-state index in [1.807, 2.05) is 19.1 Å². The van der Waals surface area contributed by atoms with Crippen LogP contribution in [0.4, 0.5) is 4.39 Å². The highest BCUT2D eigenvalue weighted by molar-refractivity contribution is 5.82. The van der Waals surface area contributed by atoms with E-state index in [1.165, 1.54) is 12.1 Å². The van der Waals surface area contributed by atoms with Gasteiger partial charge in [0.2, 0.25) is 0 Å². The lowest BCUT2D eigenvalue weighted by molar-refractivity contribution is 0.431. The van der Waals surface area contributed by atoms with Crippen molar-refractivity contribution in [2.45, 2.75) is 19.4 Å². The number of pyridine rings is 1. The highest BCUT2D eigenvalue weighted by atomic mass is 19.1. The van der Waals surface area contributed by atoms with Crippen molar-refractivity contribution in [1.82, 2.24) is 10.4 Å². The molecule has 108 valence electrons. The Morgan fingerprint density at radius 2 is 2.05 bits per heavy atom. The van der Waals surface area contributed by atoms with Gasteiger partial charge in [0.15, 0.2) is 0 Å². The fraction of sp³-hybridized carbons (Fsp3) is 0.188. The predicted octanol–water partition coefficient (Wildman–Crippen LogP) is 3.02. The van der Waals surface area contributed by atoms with E-state index in [0.29, 0.717) is 12.0 Å². The average molecular weight is 285 g/mol. The van der Waals surface area contributed by atoms with Crippen LogP contribution in [0.3, 0.4) is 0 Å². The predicted molar refractivity (Wildman–Crippen MR) is 78.9 cm³/mol. The van der Waals surface area contributed by atoms with Gasteiger partial charge < -0.3 is 4.42 Å². The number of benzene rings is 1. The van der Waals surface area contributed by atoms with Crippen LogP contribution >= 0.6 is 0 Å². The molecular formula is C16H16FN3O. The van der Waals surface area contributed by atoms with E-state index in [2.05, 4.69) is 10.4 Å². The van der Waals surface area contributed by atoms with Crippen LogP contribution in [0.15, 0.2) is 47.1 Å². The van der Waals surface area contributed by atoms with Gasteiger partial charge in [-0.05, 0) is 49.2 Å². The maximum Gasteiger partial charge on any atom is 0.134 e. The van der Waals surface area contributed by atoms with E-state index >= 15 is 0 Å². The largest absolute Gasteiger partial charge is 0.459 e. The van der Waals surface area contributed by atoms with Gasteiger partial charge in [-0.2, -0.15) is 0 Å². The lowest BCUT2D eigenvalue weighted by atomic mass is 10.0. The van der Waals surface area contributed by atoms with Gasteiger partial charge in [0, 0.05) is 23.3 Å². The van der Waals surface area contributed by atoms with Crippen LogP contribution < -0.4 is 11.3 Å². The van der Waals surface area contributed by atoms with Gasteiger partial charge in [-0.1, -0.05) is 0 Å². The van der Waals surface area contributed by atoms with E-state index in [9.17, 15) is 4.39 Å². The summed E-state index contributed by atoms with van der Waals surface area (Å²) in [5.74, 6) is 6.13. The lowest BCUT2D eigenvalue weighted by Gasteiger charge is -2.14. The summed E-state index contributed by atoms with van der Waals surface area (Å²) in [6.07, 6.45) is 4.15. The number of nitrogens with one attached hydrogen (secondary N) is 1. The molecule has 5 heteroatoms. The second-order valence-corrected chi connectivity index (χ2v) is 5.01. The number of hydrazine groups is 1. The minimum atomic E-state index is -0.274. The molecule has 0 saturated carbocycles. The summed E-state index contributed by atoms with van der Waals surface area (Å²) in [7, 11) is 0. The van der Waals surface area contributed by atoms with Gasteiger partial charge in [-0.3, -0.25) is 10.8 Å². The molecule has 4 nitrogen and oxygen atoms in total. The van der Waals surface area contributed by atoms with Crippen LogP contribution in [0, 0.1) is 12.7 Å². The number of nitrogens with two attached hydrogens (primary N) is 1. The molecule has 3 rings (SSSR count). The van der Waals surface area contributed by atoms with Crippen LogP contribution in [0.2, 0.25) is 0 Å². The molecule has 0 bridgehead atoms. The molecule has 0 aliphatic carbocycles. The molecule has 1 atom stereocenters. The van der Waals surface area contributed by atoms with Crippen LogP contribution in [-0.4, -0.2) is 4.98 Å². The quantitative estimate of drug-likeness (QED) is 0.571. The van der Waals surface area contributed by atoms with Gasteiger partial charge >= 0.3 is 0 Å². The van der Waals surface area contributed by atoms with Crippen molar-refractivity contribution in [2.24, 2.45) is 5.84 Å². The fourth-order valence-corrected chi connectivity index (χ4v) is 2.53. The van der Waals surface area contributed by atoms with Crippen LogP contribution in [0.5, 0.6) is 0 Å². The number of halogens is 1. The molecule has 21 heavy (non-hydrogen) atoms. The topological polar surface area (TPSA) is 64.1 Å². The number of hydrogen-bond acceptors (Lipinski definition) is 4. The molecule has 0 aliphatic rings. The monoisotopic (exact) mass is 285 g/mol. The minimum Gasteiger partial charge on any atom is -0.459 e. The molecular weight excluding hydrogens is 269 g/mol. The van der Waals surface area contributed by atoms with E-state index in [0.717, 1.165) is 22.3 Å². The maximum atomic E-state index is 13.4. The molecule has 0 saturated heterocycles. The van der Waals surface area contributed by atoms with Crippen molar-refractivity contribution in [3.05, 3.63) is 65.4 Å². The average Bonchev–Trinajstić information content (AvgIpc) is 2.83. The Kier molecular flexibility index (Phi) is 3.68. The second-order valence-electron chi connectivity index (χ2n) is 5.01. The van der Waals surface area contributed by atoms with Gasteiger partial charge in [-0.15, -0.1) is 0 Å². The number of hydrogen-bond donors (Lipinski definition) is 2. The molecule has 0 amide bonds. The Morgan fingerprint density at radius 1 is 1.29 bits per heavy atom. The van der Waals surface area contributed by atoms with E-state index in [1.54, 1.807) is 18.5 Å². The Hall–Kier alpha value is -2.24. The van der Waals surface area contributed by atoms with Crippen LogP contribution in [0.25, 0.3) is 11.0 Å². The van der Waals surface area contributed by atoms with Gasteiger partial charge in [0.1, 0.15) is 17.2 Å². The van der Waals surface area contributed by atoms with E-state index in [-0.39, 0.29) is 11.9 Å². The summed E-state index contributed by atoms with van der Waals surface area (Å²) in [6, 6.07) is 8.20. The fourth-order valence-electron chi connectivity index (χ4n) is 2.53. The first-order chi connectivity index (χ1) is 10.2. The van der Waals surface area contributed by atoms with Crippen molar-refractivity contribution >= 4 is 11.0 Å². The SMILES string of the molecule is Cc1c(C(Cc2ccncc2)NN)oc2ccc(F)cc12. The van der Waals surface area contributed by atoms with Crippen molar-refractivity contribution < 1.29 is 8.81 Å². The zero-order valence-electron chi connectivity index (χ0n) is 11.6. The standard InChI is InChI=1S/C16H16FN3O/c1-10-13-9-12(17)2-3-15(13)21-16(10)14(20-18)8-11-4-6-19-7-5-11/h2-7,9,14,20H,8,18H2,1H3. The first kappa shape index (κ1) is 13.7. The highest BCUT2D eigenvalue weighted by Crippen LogP contribution is 2.31. The van der Waals surface area contributed by atoms with Crippen LogP contribution in [-0.2, 0) is 6.42 Å². The summed E-state index contributed by atoms with van der Waals surface area (Å²) in [5.41, 5.74) is 5.44. The Balaban J connectivity index is 1.99. The van der Waals surface area contributed by atoms with Gasteiger partial charge in [0.25, 0.3) is 0 Å². The van der Waals surface area contributed by atoms with E-state index in [4.69, 9.17) is 10.3 Å². The molecule has 0 fully saturated rings. The molecule has 0 radical (unpaired) electrons. The highest BCUT2D eigenvalue weighted by Gasteiger charge is 2.20. The third-order valence-electron chi connectivity index (χ3n) is 3.64. The second kappa shape index (κ2) is 5.63. The number of rotatable bonds is 4. The molecule has 1 unspecified atom stereocenters.